The molecule has 0 rings (SSSR count). The van der Waals surface area contributed by atoms with E-state index >= 15 is 0 Å². The molecule has 146 valence electrons. The van der Waals surface area contributed by atoms with Crippen molar-refractivity contribution < 1.29 is 12.7 Å². The summed E-state index contributed by atoms with van der Waals surface area (Å²) in [6, 6.07) is 1.09. The van der Waals surface area contributed by atoms with Crippen LogP contribution in [0, 0.1) is 0 Å². The van der Waals surface area contributed by atoms with E-state index in [1.54, 1.807) is 0 Å². The van der Waals surface area contributed by atoms with Crippen LogP contribution >= 0.6 is 0 Å². The summed E-state index contributed by atoms with van der Waals surface area (Å²) in [5.74, 6) is 0. The van der Waals surface area contributed by atoms with Gasteiger partial charge in [0, 0.05) is 6.61 Å². The fraction of sp³-hybridized carbons (Fsp3) is 1.00. The van der Waals surface area contributed by atoms with Crippen molar-refractivity contribution in [2.45, 2.75) is 104 Å². The highest BCUT2D eigenvalue weighted by Crippen LogP contribution is 2.36. The van der Waals surface area contributed by atoms with Crippen molar-refractivity contribution in [3.8, 4) is 0 Å². The van der Waals surface area contributed by atoms with E-state index in [4.69, 9.17) is 12.7 Å². The summed E-state index contributed by atoms with van der Waals surface area (Å²) in [5, 5.41) is 0.290. The maximum atomic E-state index is 6.56. The molecule has 0 unspecified atom stereocenters. The zero-order chi connectivity index (χ0) is 19.4. The maximum absolute atomic E-state index is 6.56. The molecule has 0 N–H and O–H groups in total. The Morgan fingerprint density at radius 2 is 1.08 bits per heavy atom. The average Bonchev–Trinajstić information content (AvgIpc) is 2.20. The largest absolute Gasteiger partial charge is 0.437 e. The van der Waals surface area contributed by atoms with Gasteiger partial charge >= 0.3 is 8.56 Å². The first-order valence-corrected chi connectivity index (χ1v) is 21.7. The van der Waals surface area contributed by atoms with Gasteiger partial charge in [0.2, 0.25) is 0 Å². The number of hydrogen-bond donors (Lipinski definition) is 0. The Morgan fingerprint density at radius 3 is 1.42 bits per heavy atom. The van der Waals surface area contributed by atoms with Gasteiger partial charge in [0.15, 0.2) is 25.0 Å². The zero-order valence-corrected chi connectivity index (χ0v) is 22.6. The minimum Gasteiger partial charge on any atom is -0.437 e. The van der Waals surface area contributed by atoms with E-state index in [0.717, 1.165) is 25.5 Å². The Morgan fingerprint density at radius 1 is 0.667 bits per heavy atom. The quantitative estimate of drug-likeness (QED) is 0.302. The second-order valence-electron chi connectivity index (χ2n) is 10.6. The first-order valence-electron chi connectivity index (χ1n) is 9.41. The van der Waals surface area contributed by atoms with Crippen LogP contribution in [0.25, 0.3) is 0 Å². The third kappa shape index (κ3) is 10.7. The maximum Gasteiger partial charge on any atom is 0.314 e. The topological polar surface area (TPSA) is 27.7 Å². The van der Waals surface area contributed by atoms with Crippen molar-refractivity contribution in [2.75, 3.05) is 6.61 Å². The van der Waals surface area contributed by atoms with Crippen LogP contribution in [0.5, 0.6) is 0 Å². The molecule has 0 aliphatic rings. The highest BCUT2D eigenvalue weighted by molar-refractivity contribution is 6.87. The van der Waals surface area contributed by atoms with Crippen LogP contribution in [0.2, 0.25) is 70.0 Å². The molecule has 0 aromatic carbocycles. The molecule has 0 radical (unpaired) electrons. The summed E-state index contributed by atoms with van der Waals surface area (Å²) >= 11 is 0. The lowest BCUT2D eigenvalue weighted by Gasteiger charge is -2.39. The van der Waals surface area contributed by atoms with Crippen LogP contribution in [-0.4, -0.2) is 40.1 Å². The summed E-state index contributed by atoms with van der Waals surface area (Å²) in [6.07, 6.45) is 2.26. The fourth-order valence-corrected chi connectivity index (χ4v) is 16.2. The Labute approximate surface area is 156 Å². The van der Waals surface area contributed by atoms with Crippen LogP contribution < -0.4 is 0 Å². The monoisotopic (exact) mass is 408 g/mol. The fourth-order valence-electron chi connectivity index (χ4n) is 2.51. The summed E-state index contributed by atoms with van der Waals surface area (Å²) < 4.78 is 19.4. The van der Waals surface area contributed by atoms with Gasteiger partial charge in [-0.25, -0.2) is 0 Å². The molecule has 0 heterocycles. The van der Waals surface area contributed by atoms with Crippen LogP contribution in [-0.2, 0) is 12.7 Å². The lowest BCUT2D eigenvalue weighted by molar-refractivity contribution is 0.279. The highest BCUT2D eigenvalue weighted by Gasteiger charge is 2.40. The van der Waals surface area contributed by atoms with Gasteiger partial charge < -0.3 is 12.7 Å². The summed E-state index contributed by atoms with van der Waals surface area (Å²) in [7, 11) is -6.85. The second kappa shape index (κ2) is 8.62. The third-order valence-corrected chi connectivity index (χ3v) is 18.5. The van der Waals surface area contributed by atoms with Crippen LogP contribution in [0.15, 0.2) is 0 Å². The SMILES string of the molecule is CC(C)(C)[Si](C)(C)OCCCC[Si](C)(O[Si](C)(C)C)O[Si](C)(C)C. The summed E-state index contributed by atoms with van der Waals surface area (Å²) in [6.45, 7) is 28.3. The van der Waals surface area contributed by atoms with E-state index in [-0.39, 0.29) is 5.04 Å². The Bertz CT molecular complexity index is 363. The molecule has 0 saturated heterocycles. The molecule has 0 aliphatic heterocycles. The smallest absolute Gasteiger partial charge is 0.314 e. The highest BCUT2D eigenvalue weighted by atomic mass is 28.5. The molecular weight excluding hydrogens is 365 g/mol. The Balaban J connectivity index is 4.54. The predicted molar refractivity (Wildman–Crippen MR) is 118 cm³/mol. The molecule has 24 heavy (non-hydrogen) atoms. The van der Waals surface area contributed by atoms with Crippen LogP contribution in [0.1, 0.15) is 33.6 Å². The molecule has 0 saturated carbocycles. The molecule has 0 spiro atoms. The van der Waals surface area contributed by atoms with Gasteiger partial charge in [-0.15, -0.1) is 0 Å². The van der Waals surface area contributed by atoms with Crippen molar-refractivity contribution in [2.24, 2.45) is 0 Å². The van der Waals surface area contributed by atoms with Gasteiger partial charge in [0.25, 0.3) is 0 Å². The average molecular weight is 409 g/mol. The van der Waals surface area contributed by atoms with E-state index in [1.807, 2.05) is 0 Å². The molecule has 3 nitrogen and oxygen atoms in total. The standard InChI is InChI=1S/C17H44O3Si4/c1-17(2,3)23(10,11)18-15-13-14-16-24(12,19-21(4,5)6)20-22(7,8)9/h13-16H2,1-12H3. The van der Waals surface area contributed by atoms with Crippen molar-refractivity contribution in [3.05, 3.63) is 0 Å². The molecule has 0 fully saturated rings. The molecule has 0 aromatic heterocycles. The van der Waals surface area contributed by atoms with E-state index in [2.05, 4.69) is 79.7 Å². The Hall–Kier alpha value is 0.748. The van der Waals surface area contributed by atoms with Crippen molar-refractivity contribution in [1.82, 2.24) is 0 Å². The van der Waals surface area contributed by atoms with E-state index in [0.29, 0.717) is 0 Å². The van der Waals surface area contributed by atoms with Gasteiger partial charge in [-0.05, 0) is 82.8 Å². The number of hydrogen-bond acceptors (Lipinski definition) is 3. The van der Waals surface area contributed by atoms with Crippen molar-refractivity contribution in [3.63, 3.8) is 0 Å². The third-order valence-electron chi connectivity index (χ3n) is 4.34. The lowest BCUT2D eigenvalue weighted by atomic mass is 10.2. The number of rotatable bonds is 10. The first kappa shape index (κ1) is 24.7. The van der Waals surface area contributed by atoms with Gasteiger partial charge in [-0.1, -0.05) is 20.8 Å². The van der Waals surface area contributed by atoms with E-state index in [9.17, 15) is 0 Å². The molecule has 0 atom stereocenters. The Kier molecular flexibility index (Phi) is 8.89. The molecule has 0 amide bonds. The molecular formula is C17H44O3Si4. The van der Waals surface area contributed by atoms with E-state index < -0.39 is 33.5 Å². The first-order chi connectivity index (χ1) is 10.4. The molecule has 0 aliphatic carbocycles. The van der Waals surface area contributed by atoms with Crippen molar-refractivity contribution >= 4 is 33.5 Å². The minimum atomic E-state index is -2.07. The van der Waals surface area contributed by atoms with Crippen molar-refractivity contribution in [1.29, 1.82) is 0 Å². The van der Waals surface area contributed by atoms with Gasteiger partial charge in [-0.3, -0.25) is 0 Å². The van der Waals surface area contributed by atoms with Gasteiger partial charge in [0.1, 0.15) is 0 Å². The molecule has 0 bridgehead atoms. The van der Waals surface area contributed by atoms with Crippen LogP contribution in [0.4, 0.5) is 0 Å². The number of unbranched alkanes of at least 4 members (excludes halogenated alkanes) is 1. The molecule has 0 aromatic rings. The summed E-state index contributed by atoms with van der Waals surface area (Å²) in [5.41, 5.74) is 0. The minimum absolute atomic E-state index is 0.290. The predicted octanol–water partition coefficient (Wildman–Crippen LogP) is 6.56. The van der Waals surface area contributed by atoms with Gasteiger partial charge in [-0.2, -0.15) is 0 Å². The summed E-state index contributed by atoms with van der Waals surface area (Å²) in [4.78, 5) is 0. The second-order valence-corrected chi connectivity index (χ2v) is 28.3. The van der Waals surface area contributed by atoms with Gasteiger partial charge in [0.05, 0.1) is 0 Å². The normalized spacial score (nSPS) is 15.0. The lowest BCUT2D eigenvalue weighted by Crippen LogP contribution is -2.52. The van der Waals surface area contributed by atoms with E-state index in [1.165, 1.54) is 0 Å². The van der Waals surface area contributed by atoms with Crippen LogP contribution in [0.3, 0.4) is 0 Å². The zero-order valence-electron chi connectivity index (χ0n) is 18.6. The molecule has 7 heteroatoms.